The van der Waals surface area contributed by atoms with Crippen LogP contribution in [0.25, 0.3) is 5.65 Å². The normalized spacial score (nSPS) is 10.7. The second-order valence-corrected chi connectivity index (χ2v) is 3.82. The van der Waals surface area contributed by atoms with Crippen LogP contribution in [0.1, 0.15) is 0 Å². The highest BCUT2D eigenvalue weighted by Gasteiger charge is 2.09. The molecule has 2 N–H and O–H groups in total. The minimum absolute atomic E-state index is 0.0653. The lowest BCUT2D eigenvalue weighted by Crippen LogP contribution is -2.35. The first-order valence-electron chi connectivity index (χ1n) is 5.68. The maximum atomic E-state index is 11.9. The van der Waals surface area contributed by atoms with Crippen LogP contribution in [0.4, 0.5) is 0 Å². The zero-order chi connectivity index (χ0) is 13.0. The van der Waals surface area contributed by atoms with Gasteiger partial charge in [0.05, 0.1) is 0 Å². The van der Waals surface area contributed by atoms with Gasteiger partial charge in [-0.2, -0.15) is 0 Å². The van der Waals surface area contributed by atoms with E-state index in [1.807, 2.05) is 0 Å². The van der Waals surface area contributed by atoms with Crippen LogP contribution in [-0.2, 0) is 11.3 Å². The smallest absolute Gasteiger partial charge is 0.350 e. The van der Waals surface area contributed by atoms with Crippen molar-refractivity contribution >= 4 is 11.6 Å². The van der Waals surface area contributed by atoms with Crippen LogP contribution in [-0.4, -0.2) is 40.2 Å². The summed E-state index contributed by atoms with van der Waals surface area (Å²) in [5.74, 6) is -0.226. The van der Waals surface area contributed by atoms with Gasteiger partial charge in [-0.15, -0.1) is 5.10 Å². The second-order valence-electron chi connectivity index (χ2n) is 3.82. The highest BCUT2D eigenvalue weighted by atomic mass is 16.2. The van der Waals surface area contributed by atoms with Crippen molar-refractivity contribution in [2.24, 2.45) is 0 Å². The summed E-state index contributed by atoms with van der Waals surface area (Å²) in [7, 11) is 1.80. The molecule has 0 spiro atoms. The van der Waals surface area contributed by atoms with E-state index in [0.29, 0.717) is 18.7 Å². The molecule has 0 fully saturated rings. The van der Waals surface area contributed by atoms with Crippen LogP contribution in [0.2, 0.25) is 0 Å². The van der Waals surface area contributed by atoms with Gasteiger partial charge in [-0.25, -0.2) is 9.48 Å². The number of nitrogens with one attached hydrogen (secondary N) is 2. The Bertz CT molecular complexity index is 601. The molecular formula is C11H15N5O2. The molecule has 0 saturated carbocycles. The topological polar surface area (TPSA) is 80.4 Å². The van der Waals surface area contributed by atoms with Crippen molar-refractivity contribution in [2.75, 3.05) is 20.1 Å². The minimum Gasteiger partial charge on any atom is -0.353 e. The minimum atomic E-state index is -0.311. The molecule has 2 aromatic heterocycles. The number of hydrogen-bond donors (Lipinski definition) is 2. The molecule has 0 aliphatic rings. The molecule has 0 radical (unpaired) electrons. The fraction of sp³-hybridized carbons (Fsp3) is 0.364. The van der Waals surface area contributed by atoms with E-state index in [4.69, 9.17) is 0 Å². The quantitative estimate of drug-likeness (QED) is 0.654. The number of carbonyl (C=O) groups is 1. The van der Waals surface area contributed by atoms with E-state index in [0.717, 1.165) is 4.68 Å². The maximum absolute atomic E-state index is 11.9. The third kappa shape index (κ3) is 2.57. The van der Waals surface area contributed by atoms with Gasteiger partial charge < -0.3 is 10.6 Å². The van der Waals surface area contributed by atoms with Crippen LogP contribution in [0.5, 0.6) is 0 Å². The van der Waals surface area contributed by atoms with Gasteiger partial charge in [-0.05, 0) is 19.2 Å². The summed E-state index contributed by atoms with van der Waals surface area (Å²) in [6.07, 6.45) is 1.63. The van der Waals surface area contributed by atoms with Gasteiger partial charge in [-0.3, -0.25) is 9.20 Å². The summed E-state index contributed by atoms with van der Waals surface area (Å²) in [6.45, 7) is 1.15. The van der Waals surface area contributed by atoms with Crippen molar-refractivity contribution in [1.82, 2.24) is 24.8 Å². The third-order valence-electron chi connectivity index (χ3n) is 2.48. The first kappa shape index (κ1) is 12.3. The van der Waals surface area contributed by atoms with Crippen molar-refractivity contribution in [3.05, 3.63) is 34.9 Å². The van der Waals surface area contributed by atoms with E-state index in [2.05, 4.69) is 15.7 Å². The van der Waals surface area contributed by atoms with E-state index in [1.165, 1.54) is 4.40 Å². The average molecular weight is 249 g/mol. The van der Waals surface area contributed by atoms with Crippen LogP contribution < -0.4 is 16.3 Å². The predicted octanol–water partition coefficient (Wildman–Crippen LogP) is -1.17. The van der Waals surface area contributed by atoms with E-state index < -0.39 is 0 Å². The van der Waals surface area contributed by atoms with Gasteiger partial charge in [0, 0.05) is 19.3 Å². The van der Waals surface area contributed by atoms with E-state index in [-0.39, 0.29) is 18.1 Å². The molecule has 0 bridgehead atoms. The Labute approximate surface area is 103 Å². The monoisotopic (exact) mass is 249 g/mol. The number of fused-ring (bicyclic) bond motifs is 1. The average Bonchev–Trinajstić information content (AvgIpc) is 2.67. The lowest BCUT2D eigenvalue weighted by Gasteiger charge is -2.03. The van der Waals surface area contributed by atoms with Crippen molar-refractivity contribution in [3.63, 3.8) is 0 Å². The molecule has 1 amide bonds. The molecule has 2 aromatic rings. The molecule has 2 heterocycles. The largest absolute Gasteiger partial charge is 0.353 e. The number of aromatic nitrogens is 3. The van der Waals surface area contributed by atoms with E-state index in [1.54, 1.807) is 31.4 Å². The Morgan fingerprint density at radius 2 is 2.22 bits per heavy atom. The summed E-state index contributed by atoms with van der Waals surface area (Å²) >= 11 is 0. The molecule has 7 nitrogen and oxygen atoms in total. The molecule has 18 heavy (non-hydrogen) atoms. The molecule has 0 aliphatic carbocycles. The van der Waals surface area contributed by atoms with Gasteiger partial charge in [0.15, 0.2) is 5.65 Å². The second kappa shape index (κ2) is 5.46. The standard InChI is InChI=1S/C11H15N5O2/c1-12-5-6-13-10(17)8-16-11(18)15-7-3-2-4-9(15)14-16/h2-4,7,12H,5-6,8H2,1H3,(H,13,17). The number of amides is 1. The van der Waals surface area contributed by atoms with Crippen LogP contribution in [0.3, 0.4) is 0 Å². The SMILES string of the molecule is CNCCNC(=O)Cn1nc2ccccn2c1=O. The van der Waals surface area contributed by atoms with Crippen molar-refractivity contribution in [3.8, 4) is 0 Å². The van der Waals surface area contributed by atoms with Gasteiger partial charge in [-0.1, -0.05) is 6.07 Å². The Hall–Kier alpha value is -2.15. The molecule has 7 heteroatoms. The lowest BCUT2D eigenvalue weighted by molar-refractivity contribution is -0.121. The molecule has 0 aromatic carbocycles. The lowest BCUT2D eigenvalue weighted by atomic mass is 10.5. The number of hydrogen-bond acceptors (Lipinski definition) is 4. The van der Waals surface area contributed by atoms with Crippen molar-refractivity contribution in [2.45, 2.75) is 6.54 Å². The summed E-state index contributed by atoms with van der Waals surface area (Å²) in [4.78, 5) is 23.4. The highest BCUT2D eigenvalue weighted by Crippen LogP contribution is 1.94. The molecule has 0 saturated heterocycles. The highest BCUT2D eigenvalue weighted by molar-refractivity contribution is 5.75. The predicted molar refractivity (Wildman–Crippen MR) is 66.4 cm³/mol. The molecule has 2 rings (SSSR count). The Morgan fingerprint density at radius 3 is 2.94 bits per heavy atom. The number of rotatable bonds is 5. The Balaban J connectivity index is 2.10. The van der Waals surface area contributed by atoms with Gasteiger partial charge in [0.2, 0.25) is 5.91 Å². The number of pyridine rings is 1. The molecule has 0 atom stereocenters. The molecular weight excluding hydrogens is 234 g/mol. The fourth-order valence-electron chi connectivity index (χ4n) is 1.59. The van der Waals surface area contributed by atoms with Crippen LogP contribution >= 0.6 is 0 Å². The zero-order valence-corrected chi connectivity index (χ0v) is 10.1. The van der Waals surface area contributed by atoms with E-state index >= 15 is 0 Å². The first-order valence-corrected chi connectivity index (χ1v) is 5.68. The fourth-order valence-corrected chi connectivity index (χ4v) is 1.59. The van der Waals surface area contributed by atoms with E-state index in [9.17, 15) is 9.59 Å². The summed E-state index contributed by atoms with van der Waals surface area (Å²) in [5, 5.41) is 9.68. The number of likely N-dealkylation sites (N-methyl/N-ethyl adjacent to an activating group) is 1. The molecule has 0 unspecified atom stereocenters. The van der Waals surface area contributed by atoms with Crippen LogP contribution in [0, 0.1) is 0 Å². The van der Waals surface area contributed by atoms with Crippen molar-refractivity contribution in [1.29, 1.82) is 0 Å². The van der Waals surface area contributed by atoms with Crippen molar-refractivity contribution < 1.29 is 4.79 Å². The zero-order valence-electron chi connectivity index (χ0n) is 10.1. The molecule has 0 aliphatic heterocycles. The Morgan fingerprint density at radius 1 is 1.39 bits per heavy atom. The summed E-state index contributed by atoms with van der Waals surface area (Å²) in [6, 6.07) is 5.25. The third-order valence-corrected chi connectivity index (χ3v) is 2.48. The maximum Gasteiger partial charge on any atom is 0.350 e. The number of nitrogens with zero attached hydrogens (tertiary/aromatic N) is 3. The van der Waals surface area contributed by atoms with Gasteiger partial charge >= 0.3 is 5.69 Å². The van der Waals surface area contributed by atoms with Gasteiger partial charge in [0.25, 0.3) is 0 Å². The first-order chi connectivity index (χ1) is 8.72. The van der Waals surface area contributed by atoms with Gasteiger partial charge in [0.1, 0.15) is 6.54 Å². The molecule has 96 valence electrons. The Kier molecular flexibility index (Phi) is 3.73. The van der Waals surface area contributed by atoms with Crippen LogP contribution in [0.15, 0.2) is 29.2 Å². The summed E-state index contributed by atoms with van der Waals surface area (Å²) in [5.41, 5.74) is 0.222. The number of carbonyl (C=O) groups excluding carboxylic acids is 1. The summed E-state index contributed by atoms with van der Waals surface area (Å²) < 4.78 is 2.56.